The Labute approximate surface area is 146 Å². The average Bonchev–Trinajstić information content (AvgIpc) is 3.30. The van der Waals surface area contributed by atoms with Gasteiger partial charge in [0.25, 0.3) is 5.66 Å². The summed E-state index contributed by atoms with van der Waals surface area (Å²) < 4.78 is 45.5. The Hall–Kier alpha value is -2.11. The van der Waals surface area contributed by atoms with Crippen LogP contribution in [0.5, 0.6) is 0 Å². The van der Waals surface area contributed by atoms with E-state index in [1.54, 1.807) is 0 Å². The maximum Gasteiger partial charge on any atom is 0.438 e. The Morgan fingerprint density at radius 2 is 2.12 bits per heavy atom. The number of carbonyl (C=O) groups excluding carboxylic acids is 1. The molecule has 9 nitrogen and oxygen atoms in total. The van der Waals surface area contributed by atoms with Gasteiger partial charge in [-0.3, -0.25) is 4.79 Å². The van der Waals surface area contributed by atoms with E-state index in [1.165, 1.54) is 4.90 Å². The molecule has 2 atom stereocenters. The zero-order valence-electron chi connectivity index (χ0n) is 13.9. The number of hydrogen-bond acceptors (Lipinski definition) is 7. The van der Waals surface area contributed by atoms with Gasteiger partial charge in [0.15, 0.2) is 5.82 Å². The molecule has 0 spiro atoms. The van der Waals surface area contributed by atoms with Crippen LogP contribution < -0.4 is 0 Å². The number of nitrogens with zero attached hydrogens (tertiary/aromatic N) is 6. The highest BCUT2D eigenvalue weighted by atomic mass is 19.4. The highest BCUT2D eigenvalue weighted by Crippen LogP contribution is 2.52. The summed E-state index contributed by atoms with van der Waals surface area (Å²) in [6, 6.07) is 0. The molecule has 3 aliphatic heterocycles. The van der Waals surface area contributed by atoms with E-state index in [0.29, 0.717) is 38.8 Å². The van der Waals surface area contributed by atoms with Crippen LogP contribution in [0.2, 0.25) is 0 Å². The van der Waals surface area contributed by atoms with Gasteiger partial charge in [-0.1, -0.05) is 5.21 Å². The van der Waals surface area contributed by atoms with Crippen molar-refractivity contribution in [3.8, 4) is 0 Å². The van der Waals surface area contributed by atoms with Gasteiger partial charge in [0, 0.05) is 25.6 Å². The van der Waals surface area contributed by atoms with Gasteiger partial charge < -0.3 is 9.64 Å². The zero-order valence-corrected chi connectivity index (χ0v) is 13.9. The molecule has 26 heavy (non-hydrogen) atoms. The van der Waals surface area contributed by atoms with Gasteiger partial charge in [-0.15, -0.1) is 20.4 Å². The zero-order chi connectivity index (χ0) is 18.4. The quantitative estimate of drug-likeness (QED) is 0.857. The van der Waals surface area contributed by atoms with Crippen LogP contribution in [0.25, 0.3) is 0 Å². The van der Waals surface area contributed by atoms with E-state index in [2.05, 4.69) is 30.9 Å². The minimum absolute atomic E-state index is 0.0507. The minimum atomic E-state index is -4.54. The van der Waals surface area contributed by atoms with E-state index in [4.69, 9.17) is 4.74 Å². The first-order valence-electron chi connectivity index (χ1n) is 8.51. The lowest BCUT2D eigenvalue weighted by molar-refractivity contribution is -0.183. The maximum absolute atomic E-state index is 13.3. The number of amides is 1. The molecule has 0 aliphatic carbocycles. The van der Waals surface area contributed by atoms with Crippen LogP contribution in [-0.4, -0.2) is 69.6 Å². The molecule has 4 rings (SSSR count). The summed E-state index contributed by atoms with van der Waals surface area (Å²) in [6.45, 7) is 0.934. The summed E-state index contributed by atoms with van der Waals surface area (Å²) in [4.78, 5) is 14.8. The standard InChI is InChI=1S/C14H18F3N7O2/c15-14(16,17)13(20-21-13)9-3-1-5-24(7-9)11(25)12(4-2-6-26-8-12)10-18-22-23-19-10/h9H,1-8H2,(H,18,19,22,23). The highest BCUT2D eigenvalue weighted by molar-refractivity contribution is 5.87. The molecule has 1 N–H and O–H groups in total. The Morgan fingerprint density at radius 1 is 1.31 bits per heavy atom. The number of aromatic amines is 1. The third kappa shape index (κ3) is 2.58. The lowest BCUT2D eigenvalue weighted by Crippen LogP contribution is -2.57. The molecule has 12 heteroatoms. The molecule has 2 unspecified atom stereocenters. The molecular weight excluding hydrogens is 355 g/mol. The summed E-state index contributed by atoms with van der Waals surface area (Å²) in [7, 11) is 0. The summed E-state index contributed by atoms with van der Waals surface area (Å²) in [5.41, 5.74) is -3.47. The minimum Gasteiger partial charge on any atom is -0.380 e. The third-order valence-corrected chi connectivity index (χ3v) is 5.43. The molecule has 4 heterocycles. The number of ether oxygens (including phenoxy) is 1. The second kappa shape index (κ2) is 5.96. The molecule has 0 radical (unpaired) electrons. The Bertz CT molecular complexity index is 694. The number of H-pyrrole nitrogens is 1. The topological polar surface area (TPSA) is 109 Å². The molecule has 0 saturated carbocycles. The number of hydrogen-bond donors (Lipinski definition) is 1. The molecule has 2 saturated heterocycles. The molecule has 142 valence electrons. The molecule has 1 amide bonds. The number of aromatic nitrogens is 4. The van der Waals surface area contributed by atoms with Crippen molar-refractivity contribution in [1.82, 2.24) is 25.5 Å². The van der Waals surface area contributed by atoms with Gasteiger partial charge in [-0.25, -0.2) is 0 Å². The van der Waals surface area contributed by atoms with E-state index in [9.17, 15) is 18.0 Å². The number of tetrazole rings is 1. The monoisotopic (exact) mass is 373 g/mol. The molecule has 1 aromatic rings. The maximum atomic E-state index is 13.3. The van der Waals surface area contributed by atoms with Crippen molar-refractivity contribution in [1.29, 1.82) is 0 Å². The van der Waals surface area contributed by atoms with Crippen molar-refractivity contribution in [2.24, 2.45) is 16.1 Å². The van der Waals surface area contributed by atoms with Crippen molar-refractivity contribution in [2.45, 2.75) is 42.9 Å². The molecule has 1 aromatic heterocycles. The van der Waals surface area contributed by atoms with Gasteiger partial charge in [0.05, 0.1) is 6.61 Å². The first-order valence-corrected chi connectivity index (χ1v) is 8.51. The van der Waals surface area contributed by atoms with Crippen molar-refractivity contribution in [3.63, 3.8) is 0 Å². The van der Waals surface area contributed by atoms with Crippen molar-refractivity contribution >= 4 is 5.91 Å². The first kappa shape index (κ1) is 17.3. The van der Waals surface area contributed by atoms with E-state index in [0.717, 1.165) is 0 Å². The predicted octanol–water partition coefficient (Wildman–Crippen LogP) is 1.21. The van der Waals surface area contributed by atoms with Crippen LogP contribution in [0.1, 0.15) is 31.5 Å². The van der Waals surface area contributed by atoms with Crippen LogP contribution >= 0.6 is 0 Å². The molecular formula is C14H18F3N7O2. The largest absolute Gasteiger partial charge is 0.438 e. The van der Waals surface area contributed by atoms with Gasteiger partial charge in [-0.05, 0) is 25.7 Å². The number of alkyl halides is 3. The van der Waals surface area contributed by atoms with Crippen molar-refractivity contribution in [2.75, 3.05) is 26.3 Å². The molecule has 0 bridgehead atoms. The molecule has 0 aromatic carbocycles. The van der Waals surface area contributed by atoms with Gasteiger partial charge in [0.1, 0.15) is 5.41 Å². The molecule has 2 fully saturated rings. The Balaban J connectivity index is 1.57. The van der Waals surface area contributed by atoms with Gasteiger partial charge in [0.2, 0.25) is 5.91 Å². The second-order valence-corrected chi connectivity index (χ2v) is 6.99. The fraction of sp³-hybridized carbons (Fsp3) is 0.857. The predicted molar refractivity (Wildman–Crippen MR) is 78.9 cm³/mol. The van der Waals surface area contributed by atoms with Crippen molar-refractivity contribution in [3.05, 3.63) is 5.82 Å². The average molecular weight is 373 g/mol. The smallest absolute Gasteiger partial charge is 0.380 e. The number of rotatable bonds is 3. The fourth-order valence-electron chi connectivity index (χ4n) is 3.95. The fourth-order valence-corrected chi connectivity index (χ4v) is 3.95. The van der Waals surface area contributed by atoms with Crippen LogP contribution in [0, 0.1) is 5.92 Å². The third-order valence-electron chi connectivity index (χ3n) is 5.43. The Kier molecular flexibility index (Phi) is 3.97. The normalized spacial score (nSPS) is 31.0. The van der Waals surface area contributed by atoms with Gasteiger partial charge in [-0.2, -0.15) is 18.4 Å². The summed E-state index contributed by atoms with van der Waals surface area (Å²) in [6.07, 6.45) is -2.66. The van der Waals surface area contributed by atoms with E-state index < -0.39 is 23.2 Å². The van der Waals surface area contributed by atoms with E-state index >= 15 is 0 Å². The number of nitrogens with one attached hydrogen (secondary N) is 1. The number of piperidine rings is 1. The SMILES string of the molecule is O=C(N1CCCC(C2(C(F)(F)F)N=N2)C1)C1(c2nn[nH]n2)CCCOC1. The highest BCUT2D eigenvalue weighted by Gasteiger charge is 2.68. The summed E-state index contributed by atoms with van der Waals surface area (Å²) in [5, 5.41) is 20.4. The number of halogens is 3. The van der Waals surface area contributed by atoms with Gasteiger partial charge >= 0.3 is 6.18 Å². The van der Waals surface area contributed by atoms with Crippen molar-refractivity contribution < 1.29 is 22.7 Å². The van der Waals surface area contributed by atoms with Crippen LogP contribution in [-0.2, 0) is 14.9 Å². The summed E-state index contributed by atoms with van der Waals surface area (Å²) >= 11 is 0. The van der Waals surface area contributed by atoms with Crippen LogP contribution in [0.3, 0.4) is 0 Å². The van der Waals surface area contributed by atoms with E-state index in [-0.39, 0.29) is 24.9 Å². The lowest BCUT2D eigenvalue weighted by Gasteiger charge is -2.41. The number of likely N-dealkylation sites (tertiary alicyclic amines) is 1. The second-order valence-electron chi connectivity index (χ2n) is 6.99. The Morgan fingerprint density at radius 3 is 2.69 bits per heavy atom. The van der Waals surface area contributed by atoms with E-state index in [1.807, 2.05) is 0 Å². The van der Waals surface area contributed by atoms with Crippen LogP contribution in [0.15, 0.2) is 10.2 Å². The van der Waals surface area contributed by atoms with Crippen LogP contribution in [0.4, 0.5) is 13.2 Å². The first-order chi connectivity index (χ1) is 12.4. The molecule has 3 aliphatic rings. The number of carbonyl (C=O) groups is 1. The summed E-state index contributed by atoms with van der Waals surface area (Å²) in [5.74, 6) is -0.969. The lowest BCUT2D eigenvalue weighted by atomic mass is 9.78.